The fraction of sp³-hybridized carbons (Fsp3) is 0.118. The first-order chi connectivity index (χ1) is 10.2. The minimum Gasteiger partial charge on any atom is -0.449 e. The van der Waals surface area contributed by atoms with Crippen LogP contribution in [-0.4, -0.2) is 12.7 Å². The Hall–Kier alpha value is -2.44. The number of carbonyl (C=O) groups is 1. The highest BCUT2D eigenvalue weighted by Crippen LogP contribution is 2.14. The number of amides is 1. The molecule has 0 unspecified atom stereocenters. The second-order valence-corrected chi connectivity index (χ2v) is 4.55. The van der Waals surface area contributed by atoms with Crippen LogP contribution in [0.3, 0.4) is 0 Å². The van der Waals surface area contributed by atoms with Gasteiger partial charge in [0, 0.05) is 16.6 Å². The van der Waals surface area contributed by atoms with E-state index < -0.39 is 6.09 Å². The molecule has 4 heteroatoms. The van der Waals surface area contributed by atoms with Crippen LogP contribution in [0.4, 0.5) is 10.5 Å². The van der Waals surface area contributed by atoms with Gasteiger partial charge in [0.1, 0.15) is 0 Å². The first-order valence-corrected chi connectivity index (χ1v) is 6.87. The number of nitrogens with zero attached hydrogens (tertiary/aromatic N) is 1. The van der Waals surface area contributed by atoms with Crippen LogP contribution in [0, 0.1) is 12.0 Å². The maximum atomic E-state index is 12.0. The lowest BCUT2D eigenvalue weighted by Gasteiger charge is -2.14. The molecular formula is C17H14ClNO2. The van der Waals surface area contributed by atoms with E-state index in [4.69, 9.17) is 16.3 Å². The van der Waals surface area contributed by atoms with E-state index in [-0.39, 0.29) is 0 Å². The SMILES string of the molecule is CCOC(=O)N(C#Cc1ccc(Cl)cc1)c1ccccc1. The van der Waals surface area contributed by atoms with Crippen LogP contribution < -0.4 is 4.90 Å². The molecule has 0 radical (unpaired) electrons. The third kappa shape index (κ3) is 4.27. The quantitative estimate of drug-likeness (QED) is 0.611. The first kappa shape index (κ1) is 15.0. The van der Waals surface area contributed by atoms with E-state index >= 15 is 0 Å². The summed E-state index contributed by atoms with van der Waals surface area (Å²) in [6.45, 7) is 2.05. The molecule has 0 heterocycles. The van der Waals surface area contributed by atoms with Crippen molar-refractivity contribution < 1.29 is 9.53 Å². The summed E-state index contributed by atoms with van der Waals surface area (Å²) in [6.07, 6.45) is -0.495. The molecule has 2 aromatic carbocycles. The Morgan fingerprint density at radius 1 is 1.14 bits per heavy atom. The summed E-state index contributed by atoms with van der Waals surface area (Å²) in [5, 5.41) is 0.644. The fourth-order valence-corrected chi connectivity index (χ4v) is 1.76. The smallest absolute Gasteiger partial charge is 0.426 e. The Morgan fingerprint density at radius 3 is 2.43 bits per heavy atom. The predicted octanol–water partition coefficient (Wildman–Crippen LogP) is 4.31. The topological polar surface area (TPSA) is 29.5 Å². The molecule has 0 saturated heterocycles. The zero-order valence-electron chi connectivity index (χ0n) is 11.5. The molecule has 21 heavy (non-hydrogen) atoms. The lowest BCUT2D eigenvalue weighted by molar-refractivity contribution is 0.163. The molecule has 0 aliphatic heterocycles. The van der Waals surface area contributed by atoms with Crippen molar-refractivity contribution in [3.05, 3.63) is 65.2 Å². The largest absolute Gasteiger partial charge is 0.449 e. The fourth-order valence-electron chi connectivity index (χ4n) is 1.63. The molecule has 0 saturated carbocycles. The molecule has 0 aliphatic rings. The Bertz CT molecular complexity index is 657. The van der Waals surface area contributed by atoms with Crippen LogP contribution in [0.25, 0.3) is 0 Å². The van der Waals surface area contributed by atoms with E-state index in [0.29, 0.717) is 17.3 Å². The highest BCUT2D eigenvalue weighted by molar-refractivity contribution is 6.30. The minimum atomic E-state index is -0.495. The lowest BCUT2D eigenvalue weighted by atomic mass is 10.2. The van der Waals surface area contributed by atoms with Crippen LogP contribution in [-0.2, 0) is 4.74 Å². The van der Waals surface area contributed by atoms with Gasteiger partial charge < -0.3 is 4.74 Å². The average Bonchev–Trinajstić information content (AvgIpc) is 2.51. The number of hydrogen-bond acceptors (Lipinski definition) is 2. The standard InChI is InChI=1S/C17H14ClNO2/c1-2-21-17(20)19(16-6-4-3-5-7-16)13-12-14-8-10-15(18)11-9-14/h3-11H,2H2,1H3. The Balaban J connectivity index is 2.29. The van der Waals surface area contributed by atoms with Crippen LogP contribution in [0.1, 0.15) is 12.5 Å². The summed E-state index contributed by atoms with van der Waals surface area (Å²) in [7, 11) is 0. The molecule has 0 atom stereocenters. The predicted molar refractivity (Wildman–Crippen MR) is 84.3 cm³/mol. The van der Waals surface area contributed by atoms with Crippen molar-refractivity contribution in [1.82, 2.24) is 0 Å². The van der Waals surface area contributed by atoms with Gasteiger partial charge in [0.15, 0.2) is 0 Å². The van der Waals surface area contributed by atoms with Crippen molar-refractivity contribution in [3.63, 3.8) is 0 Å². The molecule has 1 amide bonds. The molecule has 0 aromatic heterocycles. The Labute approximate surface area is 129 Å². The number of carbonyl (C=O) groups excluding carboxylic acids is 1. The summed E-state index contributed by atoms with van der Waals surface area (Å²) in [5.41, 5.74) is 1.43. The number of halogens is 1. The van der Waals surface area contributed by atoms with Crippen molar-refractivity contribution in [1.29, 1.82) is 0 Å². The van der Waals surface area contributed by atoms with E-state index in [2.05, 4.69) is 12.0 Å². The van der Waals surface area contributed by atoms with Crippen LogP contribution in [0.15, 0.2) is 54.6 Å². The maximum absolute atomic E-state index is 12.0. The van der Waals surface area contributed by atoms with Gasteiger partial charge in [-0.15, -0.1) is 0 Å². The van der Waals surface area contributed by atoms with Crippen LogP contribution >= 0.6 is 11.6 Å². The van der Waals surface area contributed by atoms with Gasteiger partial charge in [-0.2, -0.15) is 0 Å². The third-order valence-corrected chi connectivity index (χ3v) is 2.87. The van der Waals surface area contributed by atoms with Gasteiger partial charge in [0.05, 0.1) is 12.3 Å². The Morgan fingerprint density at radius 2 is 1.81 bits per heavy atom. The highest BCUT2D eigenvalue weighted by atomic mass is 35.5. The van der Waals surface area contributed by atoms with Gasteiger partial charge in [0.25, 0.3) is 0 Å². The van der Waals surface area contributed by atoms with Crippen molar-refractivity contribution in [2.45, 2.75) is 6.92 Å². The number of ether oxygens (including phenoxy) is 1. The third-order valence-electron chi connectivity index (χ3n) is 2.62. The molecule has 2 rings (SSSR count). The monoisotopic (exact) mass is 299 g/mol. The molecule has 3 nitrogen and oxygen atoms in total. The summed E-state index contributed by atoms with van der Waals surface area (Å²) in [5.74, 6) is 2.93. The molecule has 0 N–H and O–H groups in total. The lowest BCUT2D eigenvalue weighted by Crippen LogP contribution is -2.26. The normalized spacial score (nSPS) is 9.43. The van der Waals surface area contributed by atoms with E-state index in [9.17, 15) is 4.79 Å². The summed E-state index contributed by atoms with van der Waals surface area (Å²) in [6, 6.07) is 19.1. The first-order valence-electron chi connectivity index (χ1n) is 6.50. The van der Waals surface area contributed by atoms with Gasteiger partial charge in [-0.05, 0) is 49.2 Å². The van der Waals surface area contributed by atoms with Gasteiger partial charge in [-0.25, -0.2) is 9.69 Å². The summed E-state index contributed by atoms with van der Waals surface area (Å²) >= 11 is 5.83. The zero-order valence-corrected chi connectivity index (χ0v) is 12.3. The molecule has 0 fully saturated rings. The van der Waals surface area contributed by atoms with E-state index in [1.165, 1.54) is 4.90 Å². The molecule has 0 bridgehead atoms. The zero-order chi connectivity index (χ0) is 15.1. The highest BCUT2D eigenvalue weighted by Gasteiger charge is 2.14. The van der Waals surface area contributed by atoms with E-state index in [1.807, 2.05) is 18.2 Å². The van der Waals surface area contributed by atoms with Gasteiger partial charge >= 0.3 is 6.09 Å². The van der Waals surface area contributed by atoms with E-state index in [0.717, 1.165) is 5.56 Å². The average molecular weight is 300 g/mol. The van der Waals surface area contributed by atoms with Gasteiger partial charge in [-0.3, -0.25) is 0 Å². The second-order valence-electron chi connectivity index (χ2n) is 4.11. The van der Waals surface area contributed by atoms with E-state index in [1.54, 1.807) is 43.3 Å². The Kier molecular flexibility index (Phi) is 5.25. The molecule has 0 spiro atoms. The molecular weight excluding hydrogens is 286 g/mol. The number of benzene rings is 2. The van der Waals surface area contributed by atoms with Gasteiger partial charge in [-0.1, -0.05) is 29.8 Å². The number of anilines is 1. The summed E-state index contributed by atoms with van der Waals surface area (Å²) in [4.78, 5) is 13.3. The number of rotatable bonds is 2. The van der Waals surface area contributed by atoms with Crippen LogP contribution in [0.2, 0.25) is 5.02 Å². The van der Waals surface area contributed by atoms with Gasteiger partial charge in [0.2, 0.25) is 0 Å². The van der Waals surface area contributed by atoms with Crippen molar-refractivity contribution >= 4 is 23.4 Å². The second kappa shape index (κ2) is 7.37. The number of hydrogen-bond donors (Lipinski definition) is 0. The molecule has 2 aromatic rings. The minimum absolute atomic E-state index is 0.296. The maximum Gasteiger partial charge on any atom is 0.426 e. The van der Waals surface area contributed by atoms with Crippen molar-refractivity contribution in [2.24, 2.45) is 0 Å². The molecule has 0 aliphatic carbocycles. The van der Waals surface area contributed by atoms with Crippen molar-refractivity contribution in [3.8, 4) is 12.0 Å². The summed E-state index contributed by atoms with van der Waals surface area (Å²) < 4.78 is 5.03. The van der Waals surface area contributed by atoms with Crippen LogP contribution in [0.5, 0.6) is 0 Å². The number of para-hydroxylation sites is 1. The van der Waals surface area contributed by atoms with Crippen molar-refractivity contribution in [2.75, 3.05) is 11.5 Å². The molecule has 106 valence electrons.